The van der Waals surface area contributed by atoms with Gasteiger partial charge in [-0.25, -0.2) is 0 Å². The molecule has 0 aliphatic rings. The molecule has 0 radical (unpaired) electrons. The maximum Gasteiger partial charge on any atom is 0.165 e. The Bertz CT molecular complexity index is 306. The zero-order chi connectivity index (χ0) is 10.6. The topological polar surface area (TPSA) is 26.3 Å². The molecule has 0 atom stereocenters. The van der Waals surface area contributed by atoms with Gasteiger partial charge < -0.3 is 4.74 Å². The van der Waals surface area contributed by atoms with Gasteiger partial charge in [0, 0.05) is 12.0 Å². The molecule has 0 N–H and O–H groups in total. The summed E-state index contributed by atoms with van der Waals surface area (Å²) in [6.07, 6.45) is 0.134. The van der Waals surface area contributed by atoms with Crippen LogP contribution in [0.4, 0.5) is 0 Å². The molecule has 0 bridgehead atoms. The second-order valence-electron chi connectivity index (χ2n) is 2.75. The Morgan fingerprint density at radius 1 is 1.36 bits per heavy atom. The average Bonchev–Trinajstić information content (AvgIpc) is 2.17. The molecule has 14 heavy (non-hydrogen) atoms. The van der Waals surface area contributed by atoms with Gasteiger partial charge in [0.15, 0.2) is 5.78 Å². The van der Waals surface area contributed by atoms with E-state index >= 15 is 0 Å². The zero-order valence-corrected chi connectivity index (χ0v) is 9.18. The van der Waals surface area contributed by atoms with E-state index in [1.54, 1.807) is 31.4 Å². The standard InChI is InChI=1S/C10H10Cl2O2/c1-14-8-4-2-7(3-5-8)9(13)6-10(11)12/h2-5,10H,6H2,1H3. The molecule has 1 aromatic rings. The molecule has 0 amide bonds. The lowest BCUT2D eigenvalue weighted by molar-refractivity contribution is 0.0987. The molecule has 4 heteroatoms. The van der Waals surface area contributed by atoms with Gasteiger partial charge in [0.05, 0.1) is 7.11 Å². The lowest BCUT2D eigenvalue weighted by atomic mass is 10.1. The van der Waals surface area contributed by atoms with Crippen molar-refractivity contribution >= 4 is 29.0 Å². The summed E-state index contributed by atoms with van der Waals surface area (Å²) >= 11 is 11.0. The minimum Gasteiger partial charge on any atom is -0.497 e. The number of hydrogen-bond donors (Lipinski definition) is 0. The lowest BCUT2D eigenvalue weighted by Crippen LogP contribution is -2.03. The Kier molecular flexibility index (Phi) is 4.23. The minimum atomic E-state index is -0.649. The smallest absolute Gasteiger partial charge is 0.165 e. The first-order valence-corrected chi connectivity index (χ1v) is 4.96. The van der Waals surface area contributed by atoms with E-state index < -0.39 is 4.84 Å². The third-order valence-electron chi connectivity index (χ3n) is 1.75. The molecule has 0 unspecified atom stereocenters. The number of hydrogen-bond acceptors (Lipinski definition) is 2. The van der Waals surface area contributed by atoms with E-state index in [4.69, 9.17) is 27.9 Å². The summed E-state index contributed by atoms with van der Waals surface area (Å²) in [6, 6.07) is 6.84. The summed E-state index contributed by atoms with van der Waals surface area (Å²) in [5, 5.41) is 0. The fourth-order valence-corrected chi connectivity index (χ4v) is 1.32. The minimum absolute atomic E-state index is 0.0670. The maximum atomic E-state index is 11.4. The van der Waals surface area contributed by atoms with Crippen LogP contribution >= 0.6 is 23.2 Å². The van der Waals surface area contributed by atoms with Gasteiger partial charge in [-0.15, -0.1) is 23.2 Å². The Hall–Kier alpha value is -0.730. The van der Waals surface area contributed by atoms with Gasteiger partial charge in [0.1, 0.15) is 10.6 Å². The van der Waals surface area contributed by atoms with Crippen LogP contribution in [0.1, 0.15) is 16.8 Å². The van der Waals surface area contributed by atoms with E-state index in [1.165, 1.54) is 0 Å². The second-order valence-corrected chi connectivity index (χ2v) is 4.02. The summed E-state index contributed by atoms with van der Waals surface area (Å²) in [5.41, 5.74) is 0.595. The molecule has 0 aliphatic heterocycles. The van der Waals surface area contributed by atoms with Gasteiger partial charge in [-0.05, 0) is 24.3 Å². The molecule has 2 nitrogen and oxygen atoms in total. The lowest BCUT2D eigenvalue weighted by Gasteiger charge is -2.03. The van der Waals surface area contributed by atoms with E-state index in [1.807, 2.05) is 0 Å². The molecule has 0 saturated carbocycles. The van der Waals surface area contributed by atoms with Crippen molar-refractivity contribution < 1.29 is 9.53 Å². The molecule has 1 aromatic carbocycles. The zero-order valence-electron chi connectivity index (χ0n) is 7.67. The van der Waals surface area contributed by atoms with Gasteiger partial charge in [-0.1, -0.05) is 0 Å². The molecule has 76 valence electrons. The van der Waals surface area contributed by atoms with Gasteiger partial charge in [0.2, 0.25) is 0 Å². The molecule has 0 spiro atoms. The van der Waals surface area contributed by atoms with E-state index in [2.05, 4.69) is 0 Å². The molecule has 1 rings (SSSR count). The fourth-order valence-electron chi connectivity index (χ4n) is 1.03. The van der Waals surface area contributed by atoms with Crippen LogP contribution in [0.3, 0.4) is 0 Å². The number of carbonyl (C=O) groups excluding carboxylic acids is 1. The van der Waals surface area contributed by atoms with Crippen LogP contribution in [0, 0.1) is 0 Å². The highest BCUT2D eigenvalue weighted by Crippen LogP contribution is 2.15. The Morgan fingerprint density at radius 2 is 1.93 bits per heavy atom. The number of Topliss-reactive ketones (excluding diaryl/α,β-unsaturated/α-hetero) is 1. The first-order chi connectivity index (χ1) is 6.63. The monoisotopic (exact) mass is 232 g/mol. The van der Waals surface area contributed by atoms with Crippen molar-refractivity contribution in [1.82, 2.24) is 0 Å². The summed E-state index contributed by atoms with van der Waals surface area (Å²) < 4.78 is 4.97. The number of ether oxygens (including phenoxy) is 1. The van der Waals surface area contributed by atoms with E-state index in [0.29, 0.717) is 5.56 Å². The van der Waals surface area contributed by atoms with E-state index in [0.717, 1.165) is 5.75 Å². The van der Waals surface area contributed by atoms with Crippen LogP contribution in [0.15, 0.2) is 24.3 Å². The average molecular weight is 233 g/mol. The third-order valence-corrected chi connectivity index (χ3v) is 2.06. The Morgan fingerprint density at radius 3 is 2.36 bits per heavy atom. The highest BCUT2D eigenvalue weighted by Gasteiger charge is 2.10. The van der Waals surface area contributed by atoms with Gasteiger partial charge in [-0.3, -0.25) is 4.79 Å². The predicted octanol–water partition coefficient (Wildman–Crippen LogP) is 3.07. The molecular formula is C10H10Cl2O2. The van der Waals surface area contributed by atoms with Crippen molar-refractivity contribution in [3.63, 3.8) is 0 Å². The van der Waals surface area contributed by atoms with Crippen LogP contribution in [-0.2, 0) is 0 Å². The van der Waals surface area contributed by atoms with E-state index in [9.17, 15) is 4.79 Å². The number of halogens is 2. The number of alkyl halides is 2. The van der Waals surface area contributed by atoms with Crippen molar-refractivity contribution in [2.45, 2.75) is 11.3 Å². The molecule has 0 saturated heterocycles. The Labute approximate surface area is 92.8 Å². The van der Waals surface area contributed by atoms with Crippen molar-refractivity contribution in [2.24, 2.45) is 0 Å². The Balaban J connectivity index is 2.71. The highest BCUT2D eigenvalue weighted by atomic mass is 35.5. The van der Waals surface area contributed by atoms with Crippen LogP contribution < -0.4 is 4.74 Å². The normalized spacial score (nSPS) is 10.3. The summed E-state index contributed by atoms with van der Waals surface area (Å²) in [4.78, 5) is 10.8. The third kappa shape index (κ3) is 3.20. The van der Waals surface area contributed by atoms with Gasteiger partial charge in [0.25, 0.3) is 0 Å². The van der Waals surface area contributed by atoms with E-state index in [-0.39, 0.29) is 12.2 Å². The maximum absolute atomic E-state index is 11.4. The number of carbonyl (C=O) groups is 1. The van der Waals surface area contributed by atoms with Crippen molar-refractivity contribution in [3.05, 3.63) is 29.8 Å². The molecule has 0 fully saturated rings. The predicted molar refractivity (Wildman–Crippen MR) is 57.4 cm³/mol. The fraction of sp³-hybridized carbons (Fsp3) is 0.300. The summed E-state index contributed by atoms with van der Waals surface area (Å²) in [6.45, 7) is 0. The number of ketones is 1. The highest BCUT2D eigenvalue weighted by molar-refractivity contribution is 6.45. The van der Waals surface area contributed by atoms with Gasteiger partial charge >= 0.3 is 0 Å². The number of benzene rings is 1. The first-order valence-electron chi connectivity index (χ1n) is 4.09. The first kappa shape index (κ1) is 11.3. The van der Waals surface area contributed by atoms with Gasteiger partial charge in [-0.2, -0.15) is 0 Å². The molecule has 0 heterocycles. The summed E-state index contributed by atoms with van der Waals surface area (Å²) in [5.74, 6) is 0.650. The van der Waals surface area contributed by atoms with Crippen LogP contribution in [0.5, 0.6) is 5.75 Å². The summed E-state index contributed by atoms with van der Waals surface area (Å²) in [7, 11) is 1.57. The van der Waals surface area contributed by atoms with Crippen molar-refractivity contribution in [1.29, 1.82) is 0 Å². The van der Waals surface area contributed by atoms with Crippen LogP contribution in [0.2, 0.25) is 0 Å². The number of rotatable bonds is 4. The number of methoxy groups -OCH3 is 1. The second kappa shape index (κ2) is 5.23. The van der Waals surface area contributed by atoms with Crippen LogP contribution in [-0.4, -0.2) is 17.7 Å². The van der Waals surface area contributed by atoms with Crippen molar-refractivity contribution in [3.8, 4) is 5.75 Å². The molecule has 0 aromatic heterocycles. The molecular weight excluding hydrogens is 223 g/mol. The quantitative estimate of drug-likeness (QED) is 0.590. The van der Waals surface area contributed by atoms with Crippen molar-refractivity contribution in [2.75, 3.05) is 7.11 Å². The largest absolute Gasteiger partial charge is 0.497 e. The SMILES string of the molecule is COc1ccc(C(=O)CC(Cl)Cl)cc1. The molecule has 0 aliphatic carbocycles. The van der Waals surface area contributed by atoms with Crippen LogP contribution in [0.25, 0.3) is 0 Å².